The molecule has 2 fully saturated rings. The molecule has 7 nitrogen and oxygen atoms in total. The topological polar surface area (TPSA) is 107 Å². The molecule has 0 aliphatic carbocycles. The number of rotatable bonds is 4. The van der Waals surface area contributed by atoms with Crippen LogP contribution in [0.4, 0.5) is 0 Å². The molecule has 2 aliphatic heterocycles. The van der Waals surface area contributed by atoms with Gasteiger partial charge >= 0.3 is 5.97 Å². The second kappa shape index (κ2) is 6.10. The summed E-state index contributed by atoms with van der Waals surface area (Å²) in [7, 11) is 0. The van der Waals surface area contributed by atoms with E-state index in [1.54, 1.807) is 0 Å². The highest BCUT2D eigenvalue weighted by Gasteiger charge is 2.61. The van der Waals surface area contributed by atoms with Crippen LogP contribution in [-0.2, 0) is 14.4 Å². The standard InChI is InChI=1S/C16H18N2O5S/c1-9(20)17-14-16(8-19,15(22)23)7-18-12(21)11(13(18)24-14)10-5-3-2-4-6-10/h2-6,11,13-14,19H,7-8H2,1H3,(H,17,20)(H,22,23)/t11?,13-,14?,16?/m1/s1. The van der Waals surface area contributed by atoms with Crippen LogP contribution in [0.1, 0.15) is 18.4 Å². The molecular formula is C16H18N2O5S. The number of carbonyl (C=O) groups excluding carboxylic acids is 2. The van der Waals surface area contributed by atoms with E-state index in [1.807, 2.05) is 30.3 Å². The van der Waals surface area contributed by atoms with Crippen molar-refractivity contribution in [1.82, 2.24) is 10.2 Å². The Morgan fingerprint density at radius 1 is 1.38 bits per heavy atom. The Labute approximate surface area is 143 Å². The molecule has 128 valence electrons. The molecule has 1 aromatic carbocycles. The molecule has 0 saturated carbocycles. The second-order valence-corrected chi connectivity index (χ2v) is 7.31. The molecule has 1 aromatic rings. The number of carboxylic acid groups (broad SMARTS) is 1. The van der Waals surface area contributed by atoms with E-state index < -0.39 is 23.4 Å². The van der Waals surface area contributed by atoms with Gasteiger partial charge in [-0.3, -0.25) is 14.4 Å². The highest BCUT2D eigenvalue weighted by molar-refractivity contribution is 8.00. The van der Waals surface area contributed by atoms with Gasteiger partial charge in [-0.2, -0.15) is 0 Å². The monoisotopic (exact) mass is 350 g/mol. The first kappa shape index (κ1) is 16.8. The number of aliphatic carboxylic acids is 1. The normalized spacial score (nSPS) is 31.8. The lowest BCUT2D eigenvalue weighted by molar-refractivity contribution is -0.162. The van der Waals surface area contributed by atoms with Crippen LogP contribution < -0.4 is 5.32 Å². The van der Waals surface area contributed by atoms with E-state index in [-0.39, 0.29) is 29.7 Å². The number of hydrogen-bond acceptors (Lipinski definition) is 5. The minimum Gasteiger partial charge on any atom is -0.481 e. The Hall–Kier alpha value is -2.06. The van der Waals surface area contributed by atoms with Crippen molar-refractivity contribution in [2.75, 3.05) is 13.2 Å². The van der Waals surface area contributed by atoms with Crippen LogP contribution in [0.2, 0.25) is 0 Å². The smallest absolute Gasteiger partial charge is 0.316 e. The van der Waals surface area contributed by atoms with E-state index in [0.29, 0.717) is 0 Å². The summed E-state index contributed by atoms with van der Waals surface area (Å²) in [6.07, 6.45) is 0. The number of aliphatic hydroxyl groups is 1. The van der Waals surface area contributed by atoms with Crippen molar-refractivity contribution in [3.8, 4) is 0 Å². The van der Waals surface area contributed by atoms with Crippen LogP contribution in [0.5, 0.6) is 0 Å². The van der Waals surface area contributed by atoms with Crippen molar-refractivity contribution in [2.24, 2.45) is 5.41 Å². The van der Waals surface area contributed by atoms with Gasteiger partial charge in [0.05, 0.1) is 23.3 Å². The summed E-state index contributed by atoms with van der Waals surface area (Å²) in [5.74, 6) is -2.12. The third-order valence-electron chi connectivity index (χ3n) is 4.57. The lowest BCUT2D eigenvalue weighted by atomic mass is 9.82. The van der Waals surface area contributed by atoms with Crippen molar-refractivity contribution in [2.45, 2.75) is 23.6 Å². The van der Waals surface area contributed by atoms with Crippen LogP contribution in [0.3, 0.4) is 0 Å². The van der Waals surface area contributed by atoms with Gasteiger partial charge in [0.15, 0.2) is 0 Å². The third kappa shape index (κ3) is 2.46. The van der Waals surface area contributed by atoms with Crippen molar-refractivity contribution >= 4 is 29.5 Å². The van der Waals surface area contributed by atoms with Crippen LogP contribution in [0.15, 0.2) is 30.3 Å². The maximum Gasteiger partial charge on any atom is 0.316 e. The van der Waals surface area contributed by atoms with Crippen molar-refractivity contribution in [3.63, 3.8) is 0 Å². The van der Waals surface area contributed by atoms with Gasteiger partial charge in [-0.25, -0.2) is 0 Å². The number of hydrogen-bond donors (Lipinski definition) is 3. The maximum absolute atomic E-state index is 12.5. The summed E-state index contributed by atoms with van der Waals surface area (Å²) in [4.78, 5) is 37.2. The number of β-lactam (4-membered cyclic amide) rings is 1. The molecule has 2 amide bonds. The molecule has 3 unspecified atom stereocenters. The second-order valence-electron chi connectivity index (χ2n) is 6.08. The first-order chi connectivity index (χ1) is 11.4. The Morgan fingerprint density at radius 2 is 2.04 bits per heavy atom. The number of aliphatic hydroxyl groups excluding tert-OH is 1. The molecule has 8 heteroatoms. The fourth-order valence-corrected chi connectivity index (χ4v) is 4.98. The van der Waals surface area contributed by atoms with Gasteiger partial charge in [-0.1, -0.05) is 30.3 Å². The summed E-state index contributed by atoms with van der Waals surface area (Å²) in [5, 5.41) is 20.9. The average molecular weight is 350 g/mol. The summed E-state index contributed by atoms with van der Waals surface area (Å²) < 4.78 is 0. The van der Waals surface area contributed by atoms with Gasteiger partial charge in [-0.05, 0) is 5.56 Å². The molecule has 2 aliphatic rings. The zero-order chi connectivity index (χ0) is 17.5. The number of thioether (sulfide) groups is 1. The Bertz CT molecular complexity index is 682. The van der Waals surface area contributed by atoms with E-state index in [0.717, 1.165) is 5.56 Å². The molecule has 0 bridgehead atoms. The number of nitrogens with one attached hydrogen (secondary N) is 1. The van der Waals surface area contributed by atoms with Crippen molar-refractivity contribution in [3.05, 3.63) is 35.9 Å². The molecule has 3 N–H and O–H groups in total. The van der Waals surface area contributed by atoms with Crippen molar-refractivity contribution in [1.29, 1.82) is 0 Å². The van der Waals surface area contributed by atoms with E-state index in [2.05, 4.69) is 5.32 Å². The minimum absolute atomic E-state index is 0.121. The van der Waals surface area contributed by atoms with Gasteiger partial charge in [0.1, 0.15) is 5.41 Å². The van der Waals surface area contributed by atoms with Crippen LogP contribution in [-0.4, -0.2) is 56.8 Å². The average Bonchev–Trinajstić information content (AvgIpc) is 2.55. The zero-order valence-electron chi connectivity index (χ0n) is 13.0. The fourth-order valence-electron chi connectivity index (χ4n) is 3.20. The van der Waals surface area contributed by atoms with E-state index in [9.17, 15) is 24.6 Å². The SMILES string of the molecule is CC(=O)NC1S[C@@H]2C(c3ccccc3)C(=O)N2CC1(CO)C(=O)O. The van der Waals surface area contributed by atoms with E-state index in [4.69, 9.17) is 0 Å². The summed E-state index contributed by atoms with van der Waals surface area (Å²) >= 11 is 1.21. The predicted molar refractivity (Wildman–Crippen MR) is 87.0 cm³/mol. The number of amides is 2. The molecule has 0 spiro atoms. The summed E-state index contributed by atoms with van der Waals surface area (Å²) in [6, 6.07) is 9.27. The maximum atomic E-state index is 12.5. The molecule has 3 rings (SSSR count). The molecule has 2 saturated heterocycles. The summed E-state index contributed by atoms with van der Waals surface area (Å²) in [6.45, 7) is 0.522. The molecule has 24 heavy (non-hydrogen) atoms. The molecule has 2 heterocycles. The third-order valence-corrected chi connectivity index (χ3v) is 6.22. The molecule has 0 aromatic heterocycles. The highest BCUT2D eigenvalue weighted by Crippen LogP contribution is 2.51. The number of benzene rings is 1. The first-order valence-electron chi connectivity index (χ1n) is 7.53. The van der Waals surface area contributed by atoms with Crippen LogP contribution in [0, 0.1) is 5.41 Å². The molecule has 0 radical (unpaired) electrons. The van der Waals surface area contributed by atoms with Gasteiger partial charge in [0.2, 0.25) is 11.8 Å². The number of nitrogens with zero attached hydrogens (tertiary/aromatic N) is 1. The predicted octanol–water partition coefficient (Wildman–Crippen LogP) is 0.211. The quantitative estimate of drug-likeness (QED) is 0.670. The number of fused-ring (bicyclic) bond motifs is 1. The lowest BCUT2D eigenvalue weighted by Crippen LogP contribution is -2.70. The van der Waals surface area contributed by atoms with Gasteiger partial charge < -0.3 is 20.4 Å². The minimum atomic E-state index is -1.61. The Morgan fingerprint density at radius 3 is 2.58 bits per heavy atom. The number of carboxylic acids is 1. The van der Waals surface area contributed by atoms with Crippen molar-refractivity contribution < 1.29 is 24.6 Å². The van der Waals surface area contributed by atoms with Gasteiger partial charge in [0.25, 0.3) is 0 Å². The zero-order valence-corrected chi connectivity index (χ0v) is 13.8. The van der Waals surface area contributed by atoms with Gasteiger partial charge in [0, 0.05) is 13.5 Å². The molecule has 4 atom stereocenters. The molecular weight excluding hydrogens is 332 g/mol. The Kier molecular flexibility index (Phi) is 4.27. The lowest BCUT2D eigenvalue weighted by Gasteiger charge is -2.56. The van der Waals surface area contributed by atoms with Gasteiger partial charge in [-0.15, -0.1) is 11.8 Å². The highest BCUT2D eigenvalue weighted by atomic mass is 32.2. The summed E-state index contributed by atoms with van der Waals surface area (Å²) in [5.41, 5.74) is -0.742. The van der Waals surface area contributed by atoms with Crippen LogP contribution in [0.25, 0.3) is 0 Å². The Balaban J connectivity index is 1.91. The van der Waals surface area contributed by atoms with E-state index >= 15 is 0 Å². The number of carbonyl (C=O) groups is 3. The van der Waals surface area contributed by atoms with Crippen LogP contribution >= 0.6 is 11.8 Å². The largest absolute Gasteiger partial charge is 0.481 e. The van der Waals surface area contributed by atoms with E-state index in [1.165, 1.54) is 23.6 Å². The first-order valence-corrected chi connectivity index (χ1v) is 8.47. The fraction of sp³-hybridized carbons (Fsp3) is 0.438.